The largest absolute Gasteiger partial charge is 0.483 e. The van der Waals surface area contributed by atoms with Crippen LogP contribution < -0.4 is 15.8 Å². The highest BCUT2D eigenvalue weighted by Crippen LogP contribution is 2.52. The Morgan fingerprint density at radius 1 is 1.24 bits per heavy atom. The van der Waals surface area contributed by atoms with Gasteiger partial charge in [0.2, 0.25) is 11.8 Å². The van der Waals surface area contributed by atoms with Crippen LogP contribution in [0.25, 0.3) is 0 Å². The highest BCUT2D eigenvalue weighted by atomic mass is 16.5. The Morgan fingerprint density at radius 3 is 2.68 bits per heavy atom. The molecule has 5 rings (SSSR count). The van der Waals surface area contributed by atoms with E-state index in [9.17, 15) is 14.9 Å². The van der Waals surface area contributed by atoms with Crippen LogP contribution in [0.1, 0.15) is 69.3 Å². The maximum atomic E-state index is 13.6. The third-order valence-electron chi connectivity index (χ3n) is 7.74. The zero-order chi connectivity index (χ0) is 27.4. The van der Waals surface area contributed by atoms with Crippen molar-refractivity contribution in [2.24, 2.45) is 22.6 Å². The fraction of sp³-hybridized carbons (Fsp3) is 0.400. The number of nitrogens with one attached hydrogen (secondary N) is 1. The van der Waals surface area contributed by atoms with Gasteiger partial charge in [0.25, 0.3) is 0 Å². The Kier molecular flexibility index (Phi) is 6.06. The molecule has 196 valence electrons. The van der Waals surface area contributed by atoms with Gasteiger partial charge in [-0.3, -0.25) is 14.5 Å². The maximum Gasteiger partial charge on any atom is 0.232 e. The number of fused-ring (bicyclic) bond motifs is 1. The number of rotatable bonds is 5. The fourth-order valence-corrected chi connectivity index (χ4v) is 5.63. The lowest BCUT2D eigenvalue weighted by Crippen LogP contribution is -2.52. The molecular weight excluding hydrogens is 478 g/mol. The molecule has 3 N–H and O–H groups in total. The first kappa shape index (κ1) is 25.5. The molecule has 38 heavy (non-hydrogen) atoms. The van der Waals surface area contributed by atoms with Gasteiger partial charge in [-0.05, 0) is 69.4 Å². The number of carbonyl (C=O) groups is 2. The molecule has 2 aromatic rings. The summed E-state index contributed by atoms with van der Waals surface area (Å²) in [4.78, 5) is 33.1. The SMILES string of the molecule is C=C1[C@H](NC(=O)C2C[C@@H]2[C@@H](c2cccc(C#N)c2)N2C(=O)CC(C)(C)N=C2N)c2ccccc2OC1(C)C. The molecule has 0 aromatic heterocycles. The Hall–Kier alpha value is -4.12. The van der Waals surface area contributed by atoms with Gasteiger partial charge in [-0.1, -0.05) is 36.9 Å². The van der Waals surface area contributed by atoms with Crippen molar-refractivity contribution in [1.82, 2.24) is 10.2 Å². The van der Waals surface area contributed by atoms with E-state index in [-0.39, 0.29) is 36.0 Å². The van der Waals surface area contributed by atoms with Gasteiger partial charge in [0.1, 0.15) is 11.4 Å². The summed E-state index contributed by atoms with van der Waals surface area (Å²) in [6.07, 6.45) is 0.786. The lowest BCUT2D eigenvalue weighted by molar-refractivity contribution is -0.132. The molecule has 2 aromatic carbocycles. The highest BCUT2D eigenvalue weighted by molar-refractivity contribution is 5.99. The van der Waals surface area contributed by atoms with Crippen LogP contribution in [0.5, 0.6) is 5.75 Å². The van der Waals surface area contributed by atoms with E-state index in [0.29, 0.717) is 12.0 Å². The predicted molar refractivity (Wildman–Crippen MR) is 144 cm³/mol. The third-order valence-corrected chi connectivity index (χ3v) is 7.74. The van der Waals surface area contributed by atoms with Gasteiger partial charge in [0.15, 0.2) is 5.96 Å². The zero-order valence-electron chi connectivity index (χ0n) is 22.2. The van der Waals surface area contributed by atoms with E-state index in [0.717, 1.165) is 22.4 Å². The molecule has 0 bridgehead atoms. The van der Waals surface area contributed by atoms with Crippen LogP contribution in [0, 0.1) is 23.2 Å². The van der Waals surface area contributed by atoms with Gasteiger partial charge in [-0.2, -0.15) is 5.26 Å². The molecule has 8 nitrogen and oxygen atoms in total. The molecule has 2 amide bonds. The Morgan fingerprint density at radius 2 is 1.97 bits per heavy atom. The number of amides is 2. The number of carbonyl (C=O) groups excluding carboxylic acids is 2. The first-order chi connectivity index (χ1) is 17.9. The van der Waals surface area contributed by atoms with Gasteiger partial charge in [-0.25, -0.2) is 4.99 Å². The number of nitrogens with two attached hydrogens (primary N) is 1. The van der Waals surface area contributed by atoms with Crippen molar-refractivity contribution in [1.29, 1.82) is 5.26 Å². The molecule has 2 aliphatic heterocycles. The number of guanidine groups is 1. The first-order valence-electron chi connectivity index (χ1n) is 12.9. The van der Waals surface area contributed by atoms with Crippen molar-refractivity contribution in [3.05, 3.63) is 77.4 Å². The fourth-order valence-electron chi connectivity index (χ4n) is 5.63. The normalized spacial score (nSPS) is 25.8. The van der Waals surface area contributed by atoms with Crippen LogP contribution in [0.2, 0.25) is 0 Å². The van der Waals surface area contributed by atoms with E-state index < -0.39 is 23.2 Å². The van der Waals surface area contributed by atoms with E-state index in [1.165, 1.54) is 4.90 Å². The second kappa shape index (κ2) is 9.02. The summed E-state index contributed by atoms with van der Waals surface area (Å²) in [5.74, 6) is 0.0774. The van der Waals surface area contributed by atoms with Crippen molar-refractivity contribution in [3.63, 3.8) is 0 Å². The monoisotopic (exact) mass is 511 g/mol. The molecule has 1 fully saturated rings. The highest BCUT2D eigenvalue weighted by Gasteiger charge is 2.53. The Balaban J connectivity index is 1.45. The number of aliphatic imine (C=N–C) groups is 1. The van der Waals surface area contributed by atoms with Crippen LogP contribution in [0.4, 0.5) is 0 Å². The van der Waals surface area contributed by atoms with Crippen LogP contribution in [0.3, 0.4) is 0 Å². The Labute approximate surface area is 223 Å². The van der Waals surface area contributed by atoms with Crippen molar-refractivity contribution >= 4 is 17.8 Å². The topological polar surface area (TPSA) is 121 Å². The number of nitriles is 1. The summed E-state index contributed by atoms with van der Waals surface area (Å²) in [6.45, 7) is 11.9. The molecule has 1 unspecified atom stereocenters. The molecule has 3 aliphatic rings. The van der Waals surface area contributed by atoms with Crippen LogP contribution in [-0.4, -0.2) is 33.8 Å². The predicted octanol–water partition coefficient (Wildman–Crippen LogP) is 4.15. The summed E-state index contributed by atoms with van der Waals surface area (Å²) >= 11 is 0. The molecule has 4 atom stereocenters. The average molecular weight is 512 g/mol. The van der Waals surface area contributed by atoms with Gasteiger partial charge < -0.3 is 15.8 Å². The van der Waals surface area contributed by atoms with E-state index >= 15 is 0 Å². The summed E-state index contributed by atoms with van der Waals surface area (Å²) in [7, 11) is 0. The van der Waals surface area contributed by atoms with Crippen LogP contribution >= 0.6 is 0 Å². The van der Waals surface area contributed by atoms with Crippen molar-refractivity contribution < 1.29 is 14.3 Å². The van der Waals surface area contributed by atoms with Gasteiger partial charge in [0, 0.05) is 11.5 Å². The number of hydrogen-bond acceptors (Lipinski definition) is 6. The molecule has 8 heteroatoms. The second-order valence-electron chi connectivity index (χ2n) is 11.5. The smallest absolute Gasteiger partial charge is 0.232 e. The zero-order valence-corrected chi connectivity index (χ0v) is 22.2. The number of benzene rings is 2. The minimum atomic E-state index is -0.645. The van der Waals surface area contributed by atoms with E-state index in [4.69, 9.17) is 10.5 Å². The molecular formula is C30H33N5O3. The third kappa shape index (κ3) is 4.53. The summed E-state index contributed by atoms with van der Waals surface area (Å²) in [6, 6.07) is 16.0. The average Bonchev–Trinajstić information content (AvgIpc) is 3.64. The number of para-hydroxylation sites is 1. The number of nitrogens with zero attached hydrogens (tertiary/aromatic N) is 3. The van der Waals surface area contributed by atoms with E-state index in [1.807, 2.05) is 58.0 Å². The summed E-state index contributed by atoms with van der Waals surface area (Å²) in [5.41, 5.74) is 7.99. The lowest BCUT2D eigenvalue weighted by Gasteiger charge is -2.40. The van der Waals surface area contributed by atoms with Crippen molar-refractivity contribution in [3.8, 4) is 11.8 Å². The number of ether oxygens (including phenoxy) is 1. The standard InChI is InChI=1S/C30H33N5O3/c1-17-25(20-11-6-7-12-23(20)38-30(17,4)5)33-27(37)22-14-21(22)26(19-10-8-9-18(13-19)16-31)35-24(36)15-29(2,3)34-28(35)32/h6-13,21-22,25-26H,1,14-15H2,2-5H3,(H2,32,34)(H,33,37)/t21-,22?,25-,26+/m0/s1. The number of hydrogen-bond donors (Lipinski definition) is 2. The van der Waals surface area contributed by atoms with Crippen LogP contribution in [0.15, 0.2) is 65.7 Å². The van der Waals surface area contributed by atoms with E-state index in [1.54, 1.807) is 18.2 Å². The van der Waals surface area contributed by atoms with Crippen LogP contribution in [-0.2, 0) is 9.59 Å². The molecule has 0 spiro atoms. The molecule has 2 heterocycles. The molecule has 1 saturated carbocycles. The maximum absolute atomic E-state index is 13.6. The molecule has 0 saturated heterocycles. The second-order valence-corrected chi connectivity index (χ2v) is 11.5. The van der Waals surface area contributed by atoms with Crippen molar-refractivity contribution in [2.45, 2.75) is 63.8 Å². The van der Waals surface area contributed by atoms with Gasteiger partial charge in [-0.15, -0.1) is 0 Å². The van der Waals surface area contributed by atoms with Gasteiger partial charge in [0.05, 0.1) is 35.7 Å². The molecule has 0 radical (unpaired) electrons. The minimum Gasteiger partial charge on any atom is -0.483 e. The minimum absolute atomic E-state index is 0.115. The summed E-state index contributed by atoms with van der Waals surface area (Å²) in [5, 5.41) is 12.7. The molecule has 1 aliphatic carbocycles. The Bertz CT molecular complexity index is 1400. The van der Waals surface area contributed by atoms with E-state index in [2.05, 4.69) is 23.0 Å². The summed E-state index contributed by atoms with van der Waals surface area (Å²) < 4.78 is 6.13. The van der Waals surface area contributed by atoms with Gasteiger partial charge >= 0.3 is 0 Å². The lowest BCUT2D eigenvalue weighted by atomic mass is 9.85. The van der Waals surface area contributed by atoms with Crippen molar-refractivity contribution in [2.75, 3.05) is 0 Å². The quantitative estimate of drug-likeness (QED) is 0.585. The first-order valence-corrected chi connectivity index (χ1v) is 12.9.